The molecule has 1 aromatic heterocycles. The first-order chi connectivity index (χ1) is 7.16. The summed E-state index contributed by atoms with van der Waals surface area (Å²) in [6.07, 6.45) is 2.19. The average Bonchev–Trinajstić information content (AvgIpc) is 2.64. The van der Waals surface area contributed by atoms with Gasteiger partial charge in [-0.2, -0.15) is 5.10 Å². The van der Waals surface area contributed by atoms with Gasteiger partial charge in [-0.25, -0.2) is 0 Å². The number of nitrogens with zero attached hydrogens (tertiary/aromatic N) is 1. The fraction of sp³-hybridized carbons (Fsp3) is 0.200. The largest absolute Gasteiger partial charge is 0.368 e. The third-order valence-corrected chi connectivity index (χ3v) is 2.33. The topological polar surface area (TPSA) is 97.8 Å². The van der Waals surface area contributed by atoms with Gasteiger partial charge in [0, 0.05) is 5.39 Å². The molecule has 1 amide bonds. The van der Waals surface area contributed by atoms with Gasteiger partial charge in [0.25, 0.3) is 0 Å². The summed E-state index contributed by atoms with van der Waals surface area (Å²) in [4.78, 5) is 10.8. The van der Waals surface area contributed by atoms with E-state index in [1.165, 1.54) is 0 Å². The highest BCUT2D eigenvalue weighted by molar-refractivity contribution is 5.81. The normalized spacial score (nSPS) is 12.9. The second-order valence-electron chi connectivity index (χ2n) is 3.50. The second-order valence-corrected chi connectivity index (χ2v) is 3.50. The Bertz CT molecular complexity index is 491. The Morgan fingerprint density at radius 2 is 2.33 bits per heavy atom. The van der Waals surface area contributed by atoms with Crippen molar-refractivity contribution in [3.63, 3.8) is 0 Å². The predicted octanol–water partition coefficient (Wildman–Crippen LogP) is -0.0820. The lowest BCUT2D eigenvalue weighted by molar-refractivity contribution is -0.119. The van der Waals surface area contributed by atoms with Crippen LogP contribution in [0.15, 0.2) is 24.4 Å². The van der Waals surface area contributed by atoms with Gasteiger partial charge in [0.15, 0.2) is 0 Å². The number of carbonyl (C=O) groups excluding carboxylic acids is 1. The van der Waals surface area contributed by atoms with E-state index in [1.54, 1.807) is 6.20 Å². The highest BCUT2D eigenvalue weighted by Gasteiger charge is 2.10. The summed E-state index contributed by atoms with van der Waals surface area (Å²) >= 11 is 0. The molecule has 5 nitrogen and oxygen atoms in total. The molecule has 15 heavy (non-hydrogen) atoms. The Morgan fingerprint density at radius 3 is 3.07 bits per heavy atom. The number of nitrogens with one attached hydrogen (secondary N) is 1. The lowest BCUT2D eigenvalue weighted by Gasteiger charge is -2.06. The summed E-state index contributed by atoms with van der Waals surface area (Å²) in [5.74, 6) is -0.486. The number of carbonyl (C=O) groups is 1. The molecular weight excluding hydrogens is 192 g/mol. The number of rotatable bonds is 3. The van der Waals surface area contributed by atoms with Crippen LogP contribution in [-0.2, 0) is 11.2 Å². The Kier molecular flexibility index (Phi) is 2.39. The zero-order valence-electron chi connectivity index (χ0n) is 8.10. The van der Waals surface area contributed by atoms with Crippen molar-refractivity contribution in [2.24, 2.45) is 11.5 Å². The molecule has 1 unspecified atom stereocenters. The van der Waals surface area contributed by atoms with E-state index in [0.717, 1.165) is 16.5 Å². The van der Waals surface area contributed by atoms with Crippen molar-refractivity contribution in [2.75, 3.05) is 0 Å². The molecule has 0 aliphatic rings. The zero-order valence-corrected chi connectivity index (χ0v) is 8.10. The highest BCUT2D eigenvalue weighted by Crippen LogP contribution is 2.13. The van der Waals surface area contributed by atoms with Crippen LogP contribution in [-0.4, -0.2) is 22.1 Å². The molecule has 0 saturated heterocycles. The number of H-pyrrole nitrogens is 1. The van der Waals surface area contributed by atoms with Gasteiger partial charge in [-0.15, -0.1) is 0 Å². The van der Waals surface area contributed by atoms with Gasteiger partial charge in [0.05, 0.1) is 17.8 Å². The molecule has 0 radical (unpaired) electrons. The number of hydrogen-bond donors (Lipinski definition) is 3. The first-order valence-corrected chi connectivity index (χ1v) is 4.64. The molecule has 1 aromatic carbocycles. The van der Waals surface area contributed by atoms with E-state index in [1.807, 2.05) is 18.2 Å². The predicted molar refractivity (Wildman–Crippen MR) is 57.0 cm³/mol. The molecule has 0 bridgehead atoms. The van der Waals surface area contributed by atoms with Crippen LogP contribution in [0.3, 0.4) is 0 Å². The van der Waals surface area contributed by atoms with Crippen LogP contribution < -0.4 is 11.5 Å². The van der Waals surface area contributed by atoms with Gasteiger partial charge < -0.3 is 11.5 Å². The van der Waals surface area contributed by atoms with E-state index in [0.29, 0.717) is 6.42 Å². The Balaban J connectivity index is 2.24. The fourth-order valence-corrected chi connectivity index (χ4v) is 1.47. The Hall–Kier alpha value is -1.88. The molecule has 5 heteroatoms. The van der Waals surface area contributed by atoms with Crippen LogP contribution >= 0.6 is 0 Å². The maximum absolute atomic E-state index is 10.8. The van der Waals surface area contributed by atoms with Crippen LogP contribution in [0, 0.1) is 0 Å². The Labute approximate surface area is 86.4 Å². The molecular formula is C10H12N4O. The van der Waals surface area contributed by atoms with Crippen molar-refractivity contribution in [1.82, 2.24) is 10.2 Å². The molecule has 2 rings (SSSR count). The van der Waals surface area contributed by atoms with Crippen LogP contribution in [0.1, 0.15) is 5.56 Å². The Morgan fingerprint density at radius 1 is 1.53 bits per heavy atom. The molecule has 5 N–H and O–H groups in total. The quantitative estimate of drug-likeness (QED) is 0.652. The monoisotopic (exact) mass is 204 g/mol. The van der Waals surface area contributed by atoms with Crippen molar-refractivity contribution in [3.05, 3.63) is 30.0 Å². The SMILES string of the molecule is NC(=O)C(N)Cc1ccc2cn[nH]c2c1. The van der Waals surface area contributed by atoms with E-state index in [4.69, 9.17) is 11.5 Å². The highest BCUT2D eigenvalue weighted by atomic mass is 16.1. The first kappa shape index (κ1) is 9.67. The maximum Gasteiger partial charge on any atom is 0.234 e. The lowest BCUT2D eigenvalue weighted by atomic mass is 10.1. The third kappa shape index (κ3) is 1.97. The van der Waals surface area contributed by atoms with Crippen molar-refractivity contribution < 1.29 is 4.79 Å². The van der Waals surface area contributed by atoms with E-state index in [2.05, 4.69) is 10.2 Å². The summed E-state index contributed by atoms with van der Waals surface area (Å²) in [7, 11) is 0. The summed E-state index contributed by atoms with van der Waals surface area (Å²) in [6.45, 7) is 0. The summed E-state index contributed by atoms with van der Waals surface area (Å²) in [5, 5.41) is 7.80. The van der Waals surface area contributed by atoms with Crippen molar-refractivity contribution in [1.29, 1.82) is 0 Å². The number of amides is 1. The van der Waals surface area contributed by atoms with Gasteiger partial charge >= 0.3 is 0 Å². The second kappa shape index (κ2) is 3.70. The number of fused-ring (bicyclic) bond motifs is 1. The number of nitrogens with two attached hydrogens (primary N) is 2. The van der Waals surface area contributed by atoms with E-state index < -0.39 is 11.9 Å². The summed E-state index contributed by atoms with van der Waals surface area (Å²) in [6, 6.07) is 5.14. The summed E-state index contributed by atoms with van der Waals surface area (Å²) < 4.78 is 0. The number of hydrogen-bond acceptors (Lipinski definition) is 3. The minimum atomic E-state index is -0.634. The van der Waals surface area contributed by atoms with Crippen molar-refractivity contribution >= 4 is 16.8 Å². The molecule has 1 heterocycles. The molecule has 0 fully saturated rings. The zero-order chi connectivity index (χ0) is 10.8. The van der Waals surface area contributed by atoms with E-state index in [9.17, 15) is 4.79 Å². The van der Waals surface area contributed by atoms with Gasteiger partial charge in [0.2, 0.25) is 5.91 Å². The van der Waals surface area contributed by atoms with Gasteiger partial charge in [-0.3, -0.25) is 9.89 Å². The standard InChI is InChI=1S/C10H12N4O/c11-8(10(12)15)3-6-1-2-7-5-13-14-9(7)4-6/h1-2,4-5,8H,3,11H2,(H2,12,15)(H,13,14). The van der Waals surface area contributed by atoms with Gasteiger partial charge in [-0.05, 0) is 18.1 Å². The smallest absolute Gasteiger partial charge is 0.234 e. The molecule has 0 aliphatic heterocycles. The maximum atomic E-state index is 10.8. The van der Waals surface area contributed by atoms with Crippen molar-refractivity contribution in [3.8, 4) is 0 Å². The molecule has 1 atom stereocenters. The minimum Gasteiger partial charge on any atom is -0.368 e. The average molecular weight is 204 g/mol. The molecule has 0 saturated carbocycles. The van der Waals surface area contributed by atoms with E-state index >= 15 is 0 Å². The molecule has 2 aromatic rings. The third-order valence-electron chi connectivity index (χ3n) is 2.33. The number of primary amides is 1. The number of benzene rings is 1. The van der Waals surface area contributed by atoms with Crippen LogP contribution in [0.5, 0.6) is 0 Å². The lowest BCUT2D eigenvalue weighted by Crippen LogP contribution is -2.38. The fourth-order valence-electron chi connectivity index (χ4n) is 1.47. The first-order valence-electron chi connectivity index (χ1n) is 4.64. The van der Waals surface area contributed by atoms with Gasteiger partial charge in [-0.1, -0.05) is 12.1 Å². The minimum absolute atomic E-state index is 0.449. The van der Waals surface area contributed by atoms with Crippen LogP contribution in [0.2, 0.25) is 0 Å². The van der Waals surface area contributed by atoms with Crippen molar-refractivity contribution in [2.45, 2.75) is 12.5 Å². The van der Waals surface area contributed by atoms with Gasteiger partial charge in [0.1, 0.15) is 0 Å². The molecule has 78 valence electrons. The van der Waals surface area contributed by atoms with Crippen LogP contribution in [0.4, 0.5) is 0 Å². The number of aromatic amines is 1. The number of aromatic nitrogens is 2. The summed E-state index contributed by atoms with van der Waals surface area (Å²) in [5.41, 5.74) is 12.6. The van der Waals surface area contributed by atoms with Crippen LogP contribution in [0.25, 0.3) is 10.9 Å². The van der Waals surface area contributed by atoms with E-state index in [-0.39, 0.29) is 0 Å². The molecule has 0 spiro atoms. The molecule has 0 aliphatic carbocycles.